The fourth-order valence-electron chi connectivity index (χ4n) is 1.87. The lowest BCUT2D eigenvalue weighted by molar-refractivity contribution is -0.138. The number of unbranched alkanes of at least 4 members (excludes halogenated alkanes) is 1. The van der Waals surface area contributed by atoms with Crippen LogP contribution in [-0.2, 0) is 6.18 Å². The SMILES string of the molecule is CCCCN(CCCl)C(=O)c1ccc(Br)cc1C(F)(F)F. The van der Waals surface area contributed by atoms with Gasteiger partial charge in [-0.25, -0.2) is 0 Å². The second-order valence-electron chi connectivity index (χ2n) is 4.52. The van der Waals surface area contributed by atoms with Gasteiger partial charge in [0.2, 0.25) is 0 Å². The highest BCUT2D eigenvalue weighted by Gasteiger charge is 2.36. The Labute approximate surface area is 135 Å². The van der Waals surface area contributed by atoms with Gasteiger partial charge in [-0.05, 0) is 24.6 Å². The van der Waals surface area contributed by atoms with E-state index >= 15 is 0 Å². The number of hydrogen-bond acceptors (Lipinski definition) is 1. The fraction of sp³-hybridized carbons (Fsp3) is 0.500. The van der Waals surface area contributed by atoms with Crippen molar-refractivity contribution in [3.8, 4) is 0 Å². The minimum Gasteiger partial charge on any atom is -0.337 e. The Hall–Kier alpha value is -0.750. The first-order valence-corrected chi connectivity index (χ1v) is 7.86. The first-order chi connectivity index (χ1) is 9.81. The van der Waals surface area contributed by atoms with Gasteiger partial charge in [-0.1, -0.05) is 29.3 Å². The van der Waals surface area contributed by atoms with Crippen LogP contribution in [0.25, 0.3) is 0 Å². The summed E-state index contributed by atoms with van der Waals surface area (Å²) in [5.74, 6) is -0.447. The molecule has 0 spiro atoms. The number of carbonyl (C=O) groups is 1. The van der Waals surface area contributed by atoms with E-state index in [1.54, 1.807) is 0 Å². The van der Waals surface area contributed by atoms with Crippen molar-refractivity contribution < 1.29 is 18.0 Å². The highest BCUT2D eigenvalue weighted by molar-refractivity contribution is 9.10. The molecule has 0 aliphatic heterocycles. The maximum atomic E-state index is 13.1. The molecule has 0 aliphatic carbocycles. The van der Waals surface area contributed by atoms with E-state index in [1.807, 2.05) is 6.92 Å². The second kappa shape index (κ2) is 8.03. The lowest BCUT2D eigenvalue weighted by Gasteiger charge is -2.23. The quantitative estimate of drug-likeness (QED) is 0.634. The van der Waals surface area contributed by atoms with Crippen LogP contribution in [0, 0.1) is 0 Å². The maximum Gasteiger partial charge on any atom is 0.417 e. The van der Waals surface area contributed by atoms with Crippen molar-refractivity contribution in [3.63, 3.8) is 0 Å². The summed E-state index contributed by atoms with van der Waals surface area (Å²) in [5.41, 5.74) is -1.27. The van der Waals surface area contributed by atoms with Crippen LogP contribution in [0.5, 0.6) is 0 Å². The molecule has 0 saturated heterocycles. The van der Waals surface area contributed by atoms with Crippen molar-refractivity contribution in [3.05, 3.63) is 33.8 Å². The second-order valence-corrected chi connectivity index (χ2v) is 5.82. The first-order valence-electron chi connectivity index (χ1n) is 6.53. The van der Waals surface area contributed by atoms with Crippen molar-refractivity contribution in [2.24, 2.45) is 0 Å². The Morgan fingerprint density at radius 3 is 2.52 bits per heavy atom. The Kier molecular flexibility index (Phi) is 7.00. The van der Waals surface area contributed by atoms with Crippen LogP contribution in [0.15, 0.2) is 22.7 Å². The standard InChI is InChI=1S/C14H16BrClF3NO/c1-2-3-7-20(8-6-16)13(21)11-5-4-10(15)9-12(11)14(17,18)19/h4-5,9H,2-3,6-8H2,1H3. The monoisotopic (exact) mass is 385 g/mol. The third-order valence-electron chi connectivity index (χ3n) is 2.94. The Morgan fingerprint density at radius 2 is 2.00 bits per heavy atom. The highest BCUT2D eigenvalue weighted by atomic mass is 79.9. The molecule has 0 atom stereocenters. The minimum atomic E-state index is -4.58. The van der Waals surface area contributed by atoms with E-state index in [2.05, 4.69) is 15.9 Å². The Morgan fingerprint density at radius 1 is 1.33 bits per heavy atom. The van der Waals surface area contributed by atoms with Crippen molar-refractivity contribution in [1.29, 1.82) is 0 Å². The van der Waals surface area contributed by atoms with Crippen LogP contribution in [-0.4, -0.2) is 29.8 Å². The van der Waals surface area contributed by atoms with E-state index in [-0.39, 0.29) is 22.5 Å². The summed E-state index contributed by atoms with van der Waals surface area (Å²) in [6.45, 7) is 2.58. The van der Waals surface area contributed by atoms with Crippen molar-refractivity contribution in [2.45, 2.75) is 25.9 Å². The molecule has 1 rings (SSSR count). The zero-order valence-corrected chi connectivity index (χ0v) is 13.9. The largest absolute Gasteiger partial charge is 0.417 e. The van der Waals surface area contributed by atoms with Gasteiger partial charge < -0.3 is 4.90 Å². The molecule has 1 aromatic rings. The summed E-state index contributed by atoms with van der Waals surface area (Å²) in [4.78, 5) is 13.7. The van der Waals surface area contributed by atoms with E-state index in [0.717, 1.165) is 18.9 Å². The number of alkyl halides is 4. The summed E-state index contributed by atoms with van der Waals surface area (Å²) in [7, 11) is 0. The average Bonchev–Trinajstić information content (AvgIpc) is 2.41. The van der Waals surface area contributed by atoms with Crippen molar-refractivity contribution >= 4 is 33.4 Å². The molecule has 0 heterocycles. The van der Waals surface area contributed by atoms with Gasteiger partial charge in [-0.3, -0.25) is 4.79 Å². The van der Waals surface area contributed by atoms with Crippen LogP contribution in [0.2, 0.25) is 0 Å². The molecule has 0 fully saturated rings. The molecule has 2 nitrogen and oxygen atoms in total. The van der Waals surface area contributed by atoms with Crippen LogP contribution < -0.4 is 0 Å². The van der Waals surface area contributed by atoms with Gasteiger partial charge in [0.25, 0.3) is 5.91 Å². The molecule has 0 bridgehead atoms. The molecule has 0 N–H and O–H groups in total. The van der Waals surface area contributed by atoms with Crippen LogP contribution in [0.3, 0.4) is 0 Å². The number of amides is 1. The zero-order valence-electron chi connectivity index (χ0n) is 11.5. The lowest BCUT2D eigenvalue weighted by Crippen LogP contribution is -2.35. The zero-order chi connectivity index (χ0) is 16.0. The molecule has 0 aromatic heterocycles. The normalized spacial score (nSPS) is 11.5. The van der Waals surface area contributed by atoms with Gasteiger partial charge in [0.1, 0.15) is 0 Å². The number of hydrogen-bond donors (Lipinski definition) is 0. The van der Waals surface area contributed by atoms with Crippen LogP contribution in [0.1, 0.15) is 35.7 Å². The molecule has 1 amide bonds. The summed E-state index contributed by atoms with van der Waals surface area (Å²) in [6.07, 6.45) is -3.01. The smallest absolute Gasteiger partial charge is 0.337 e. The molecule has 0 aliphatic rings. The number of halogens is 5. The molecular formula is C14H16BrClF3NO. The fourth-order valence-corrected chi connectivity index (χ4v) is 2.44. The Bertz CT molecular complexity index is 494. The predicted molar refractivity (Wildman–Crippen MR) is 80.7 cm³/mol. The first kappa shape index (κ1) is 18.3. The minimum absolute atomic E-state index is 0.188. The van der Waals surface area contributed by atoms with Crippen LogP contribution >= 0.6 is 27.5 Å². The van der Waals surface area contributed by atoms with Gasteiger partial charge in [0, 0.05) is 23.4 Å². The van der Waals surface area contributed by atoms with Gasteiger partial charge in [0.15, 0.2) is 0 Å². The van der Waals surface area contributed by atoms with E-state index in [4.69, 9.17) is 11.6 Å². The van der Waals surface area contributed by atoms with E-state index in [1.165, 1.54) is 17.0 Å². The topological polar surface area (TPSA) is 20.3 Å². The highest BCUT2D eigenvalue weighted by Crippen LogP contribution is 2.34. The molecule has 7 heteroatoms. The summed E-state index contributed by atoms with van der Waals surface area (Å²) < 4.78 is 39.5. The van der Waals surface area contributed by atoms with E-state index < -0.39 is 17.6 Å². The molecule has 118 valence electrons. The van der Waals surface area contributed by atoms with Crippen LogP contribution in [0.4, 0.5) is 13.2 Å². The van der Waals surface area contributed by atoms with Crippen molar-refractivity contribution in [1.82, 2.24) is 4.90 Å². The molecule has 1 aromatic carbocycles. The molecule has 0 unspecified atom stereocenters. The summed E-state index contributed by atoms with van der Waals surface area (Å²) >= 11 is 8.64. The van der Waals surface area contributed by atoms with Gasteiger partial charge >= 0.3 is 6.18 Å². The number of nitrogens with zero attached hydrogens (tertiary/aromatic N) is 1. The molecule has 21 heavy (non-hydrogen) atoms. The predicted octanol–water partition coefficient (Wildman–Crippen LogP) is 4.95. The van der Waals surface area contributed by atoms with E-state index in [0.29, 0.717) is 6.54 Å². The maximum absolute atomic E-state index is 13.1. The summed E-state index contributed by atoms with van der Waals surface area (Å²) in [5, 5.41) is 0. The molecule has 0 saturated carbocycles. The van der Waals surface area contributed by atoms with E-state index in [9.17, 15) is 18.0 Å². The van der Waals surface area contributed by atoms with Crippen molar-refractivity contribution in [2.75, 3.05) is 19.0 Å². The summed E-state index contributed by atoms with van der Waals surface area (Å²) in [6, 6.07) is 3.55. The molecular weight excluding hydrogens is 371 g/mol. The Balaban J connectivity index is 3.15. The van der Waals surface area contributed by atoms with Gasteiger partial charge in [-0.2, -0.15) is 13.2 Å². The average molecular weight is 387 g/mol. The molecule has 0 radical (unpaired) electrons. The number of carbonyl (C=O) groups excluding carboxylic acids is 1. The number of rotatable bonds is 6. The third-order valence-corrected chi connectivity index (χ3v) is 3.60. The third kappa shape index (κ3) is 5.18. The van der Waals surface area contributed by atoms with Gasteiger partial charge in [0.05, 0.1) is 11.1 Å². The lowest BCUT2D eigenvalue weighted by atomic mass is 10.1. The van der Waals surface area contributed by atoms with Gasteiger partial charge in [-0.15, -0.1) is 11.6 Å². The number of benzene rings is 1.